The van der Waals surface area contributed by atoms with Crippen molar-refractivity contribution in [3.63, 3.8) is 0 Å². The second-order valence-corrected chi connectivity index (χ2v) is 3.68. The van der Waals surface area contributed by atoms with E-state index in [-0.39, 0.29) is 0 Å². The average Bonchev–Trinajstić information content (AvgIpc) is 2.30. The Kier molecular flexibility index (Phi) is 3.04. The molecule has 2 rings (SSSR count). The van der Waals surface area contributed by atoms with E-state index in [9.17, 15) is 5.02 Å². The lowest BCUT2D eigenvalue weighted by molar-refractivity contribution is 0.600. The first-order chi connectivity index (χ1) is 7.27. The van der Waals surface area contributed by atoms with Crippen molar-refractivity contribution in [3.05, 3.63) is 53.8 Å². The van der Waals surface area contributed by atoms with Crippen molar-refractivity contribution in [3.8, 4) is 0 Å². The fourth-order valence-corrected chi connectivity index (χ4v) is 1.50. The Bertz CT molecular complexity index is 432. The number of aromatic nitrogens is 1. The highest BCUT2D eigenvalue weighted by Crippen LogP contribution is 2.03. The third-order valence-corrected chi connectivity index (χ3v) is 2.44. The topological polar surface area (TPSA) is 33.1 Å². The summed E-state index contributed by atoms with van der Waals surface area (Å²) in [5.41, 5.74) is 1.59. The molecule has 0 aliphatic heterocycles. The van der Waals surface area contributed by atoms with Gasteiger partial charge in [-0.2, -0.15) is 0 Å². The van der Waals surface area contributed by atoms with Gasteiger partial charge in [-0.05, 0) is 29.1 Å². The molecule has 0 unspecified atom stereocenters. The van der Waals surface area contributed by atoms with Crippen molar-refractivity contribution < 1.29 is 5.02 Å². The number of hydrogen-bond acceptors (Lipinski definition) is 2. The van der Waals surface area contributed by atoms with Gasteiger partial charge in [0, 0.05) is 17.4 Å². The third-order valence-electron chi connectivity index (χ3n) is 2.19. The molecule has 1 N–H and O–H groups in total. The molecular weight excluding hydrogens is 208 g/mol. The van der Waals surface area contributed by atoms with Crippen LogP contribution >= 0.6 is 11.6 Å². The number of pyridine rings is 1. The standard InChI is InChI=1S/C11H9BClNO/c13-11-5-3-9(4-6-11)12(15)10-2-1-7-14-8-10/h1-8,15H. The van der Waals surface area contributed by atoms with Crippen LogP contribution in [0.5, 0.6) is 0 Å². The molecule has 1 heterocycles. The summed E-state index contributed by atoms with van der Waals surface area (Å²) >= 11 is 5.77. The summed E-state index contributed by atoms with van der Waals surface area (Å²) in [6.07, 6.45) is 3.33. The molecule has 1 aromatic carbocycles. The first-order valence-corrected chi connectivity index (χ1v) is 4.98. The van der Waals surface area contributed by atoms with E-state index in [2.05, 4.69) is 4.98 Å². The lowest BCUT2D eigenvalue weighted by Gasteiger charge is -2.06. The summed E-state index contributed by atoms with van der Waals surface area (Å²) in [4.78, 5) is 3.96. The van der Waals surface area contributed by atoms with Gasteiger partial charge in [-0.25, -0.2) is 0 Å². The Balaban J connectivity index is 2.29. The van der Waals surface area contributed by atoms with E-state index in [1.807, 2.05) is 6.07 Å². The highest BCUT2D eigenvalue weighted by atomic mass is 35.5. The highest BCUT2D eigenvalue weighted by Gasteiger charge is 2.16. The molecule has 0 fully saturated rings. The van der Waals surface area contributed by atoms with E-state index in [4.69, 9.17) is 11.6 Å². The lowest BCUT2D eigenvalue weighted by atomic mass is 9.56. The summed E-state index contributed by atoms with van der Waals surface area (Å²) < 4.78 is 0. The van der Waals surface area contributed by atoms with E-state index >= 15 is 0 Å². The molecule has 0 amide bonds. The molecule has 0 radical (unpaired) electrons. The fraction of sp³-hybridized carbons (Fsp3) is 0. The van der Waals surface area contributed by atoms with E-state index in [1.54, 1.807) is 42.7 Å². The van der Waals surface area contributed by atoms with Crippen LogP contribution in [-0.4, -0.2) is 16.9 Å². The van der Waals surface area contributed by atoms with Crippen molar-refractivity contribution in [2.75, 3.05) is 0 Å². The molecule has 0 aliphatic rings. The van der Waals surface area contributed by atoms with E-state index < -0.39 is 6.92 Å². The molecule has 0 bridgehead atoms. The molecule has 0 aliphatic carbocycles. The molecular formula is C11H9BClNO. The molecule has 74 valence electrons. The summed E-state index contributed by atoms with van der Waals surface area (Å²) in [7, 11) is 0. The minimum Gasteiger partial charge on any atom is -0.443 e. The van der Waals surface area contributed by atoms with Crippen LogP contribution in [0.2, 0.25) is 5.02 Å². The Labute approximate surface area is 93.7 Å². The molecule has 15 heavy (non-hydrogen) atoms. The van der Waals surface area contributed by atoms with E-state index in [0.717, 1.165) is 10.9 Å². The maximum Gasteiger partial charge on any atom is 0.360 e. The molecule has 4 heteroatoms. The van der Waals surface area contributed by atoms with Gasteiger partial charge in [0.15, 0.2) is 0 Å². The van der Waals surface area contributed by atoms with Crippen molar-refractivity contribution in [1.29, 1.82) is 0 Å². The maximum atomic E-state index is 10.00. The zero-order valence-electron chi connectivity index (χ0n) is 7.97. The van der Waals surface area contributed by atoms with E-state index in [0.29, 0.717) is 5.02 Å². The van der Waals surface area contributed by atoms with Crippen LogP contribution in [0.3, 0.4) is 0 Å². The van der Waals surface area contributed by atoms with Crippen molar-refractivity contribution >= 4 is 29.4 Å². The Morgan fingerprint density at radius 3 is 2.40 bits per heavy atom. The molecule has 0 spiro atoms. The molecule has 0 atom stereocenters. The van der Waals surface area contributed by atoms with Crippen molar-refractivity contribution in [1.82, 2.24) is 4.98 Å². The van der Waals surface area contributed by atoms with Crippen LogP contribution in [0.15, 0.2) is 48.8 Å². The summed E-state index contributed by atoms with van der Waals surface area (Å²) in [6, 6.07) is 10.8. The molecule has 0 saturated heterocycles. The predicted octanol–water partition coefficient (Wildman–Crippen LogP) is 0.833. The lowest BCUT2D eigenvalue weighted by Crippen LogP contribution is -2.42. The minimum atomic E-state index is -0.643. The Morgan fingerprint density at radius 1 is 1.07 bits per heavy atom. The first kappa shape index (κ1) is 10.2. The number of rotatable bonds is 2. The van der Waals surface area contributed by atoms with Gasteiger partial charge >= 0.3 is 6.92 Å². The molecule has 1 aromatic heterocycles. The predicted molar refractivity (Wildman–Crippen MR) is 62.9 cm³/mol. The third kappa shape index (κ3) is 2.38. The number of halogens is 1. The van der Waals surface area contributed by atoms with Crippen LogP contribution in [0.1, 0.15) is 0 Å². The normalized spacial score (nSPS) is 10.0. The van der Waals surface area contributed by atoms with Gasteiger partial charge < -0.3 is 5.02 Å². The van der Waals surface area contributed by atoms with Gasteiger partial charge in [-0.1, -0.05) is 29.8 Å². The number of hydrogen-bond donors (Lipinski definition) is 1. The molecule has 2 aromatic rings. The van der Waals surface area contributed by atoms with Crippen molar-refractivity contribution in [2.24, 2.45) is 0 Å². The van der Waals surface area contributed by atoms with Crippen LogP contribution in [0.4, 0.5) is 0 Å². The van der Waals surface area contributed by atoms with Gasteiger partial charge in [-0.3, -0.25) is 4.98 Å². The summed E-state index contributed by atoms with van der Waals surface area (Å²) in [5.74, 6) is 0. The van der Waals surface area contributed by atoms with Gasteiger partial charge in [-0.15, -0.1) is 0 Å². The highest BCUT2D eigenvalue weighted by molar-refractivity contribution is 6.78. The smallest absolute Gasteiger partial charge is 0.360 e. The Morgan fingerprint density at radius 2 is 1.80 bits per heavy atom. The SMILES string of the molecule is OB(c1ccc(Cl)cc1)c1cccnc1. The molecule has 0 saturated carbocycles. The first-order valence-electron chi connectivity index (χ1n) is 4.61. The van der Waals surface area contributed by atoms with Crippen LogP contribution < -0.4 is 10.9 Å². The zero-order valence-corrected chi connectivity index (χ0v) is 8.72. The quantitative estimate of drug-likeness (QED) is 0.756. The second kappa shape index (κ2) is 4.47. The monoisotopic (exact) mass is 217 g/mol. The maximum absolute atomic E-state index is 10.00. The van der Waals surface area contributed by atoms with Gasteiger partial charge in [0.05, 0.1) is 0 Å². The van der Waals surface area contributed by atoms with E-state index in [1.165, 1.54) is 0 Å². The minimum absolute atomic E-state index is 0.643. The summed E-state index contributed by atoms with van der Waals surface area (Å²) in [5, 5.41) is 10.7. The van der Waals surface area contributed by atoms with Gasteiger partial charge in [0.25, 0.3) is 0 Å². The van der Waals surface area contributed by atoms with Crippen molar-refractivity contribution in [2.45, 2.75) is 0 Å². The number of nitrogens with zero attached hydrogens (tertiary/aromatic N) is 1. The van der Waals surface area contributed by atoms with Crippen LogP contribution in [0.25, 0.3) is 0 Å². The molecule has 2 nitrogen and oxygen atoms in total. The van der Waals surface area contributed by atoms with Crippen LogP contribution in [-0.2, 0) is 0 Å². The second-order valence-electron chi connectivity index (χ2n) is 3.24. The number of benzene rings is 1. The largest absolute Gasteiger partial charge is 0.443 e. The average molecular weight is 217 g/mol. The zero-order chi connectivity index (χ0) is 10.7. The Hall–Kier alpha value is -1.32. The van der Waals surface area contributed by atoms with Gasteiger partial charge in [0.2, 0.25) is 0 Å². The van der Waals surface area contributed by atoms with Crippen LogP contribution in [0, 0.1) is 0 Å². The van der Waals surface area contributed by atoms with Gasteiger partial charge in [0.1, 0.15) is 0 Å². The summed E-state index contributed by atoms with van der Waals surface area (Å²) in [6.45, 7) is -0.643. The fourth-order valence-electron chi connectivity index (χ4n) is 1.38.